The number of rotatable bonds is 2. The molecule has 1 fully saturated rings. The van der Waals surface area contributed by atoms with Crippen LogP contribution in [0.4, 0.5) is 0 Å². The highest BCUT2D eigenvalue weighted by Crippen LogP contribution is 2.35. The van der Waals surface area contributed by atoms with E-state index in [9.17, 15) is 0 Å². The molecule has 4 nitrogen and oxygen atoms in total. The molecule has 1 aliphatic heterocycles. The molecule has 3 heterocycles. The van der Waals surface area contributed by atoms with Gasteiger partial charge in [-0.1, -0.05) is 36.6 Å². The van der Waals surface area contributed by atoms with Crippen LogP contribution >= 0.6 is 24.4 Å². The van der Waals surface area contributed by atoms with E-state index in [-0.39, 0.29) is 12.0 Å². The molecule has 0 unspecified atom stereocenters. The molecule has 0 aromatic carbocycles. The molecule has 0 saturated carbocycles. The van der Waals surface area contributed by atoms with Gasteiger partial charge in [0.1, 0.15) is 4.99 Å². The van der Waals surface area contributed by atoms with Crippen molar-refractivity contribution in [1.82, 2.24) is 10.3 Å². The molecule has 2 aromatic rings. The fourth-order valence-corrected chi connectivity index (χ4v) is 3.36. The number of thiocarbonyl (C=S) groups is 2. The predicted molar refractivity (Wildman–Crippen MR) is 92.2 cm³/mol. The Bertz CT molecular complexity index is 767. The Hall–Kier alpha value is -2.27. The second-order valence-electron chi connectivity index (χ2n) is 4.89. The monoisotopic (exact) mass is 325 g/mol. The maximum atomic E-state index is 7.64. The van der Waals surface area contributed by atoms with Crippen LogP contribution in [-0.2, 0) is 0 Å². The first-order valence-corrected chi connectivity index (χ1v) is 7.54. The van der Waals surface area contributed by atoms with Gasteiger partial charge in [0.05, 0.1) is 11.5 Å². The van der Waals surface area contributed by atoms with E-state index in [1.807, 2.05) is 47.3 Å². The first-order valence-electron chi connectivity index (χ1n) is 6.73. The van der Waals surface area contributed by atoms with E-state index in [4.69, 9.17) is 29.8 Å². The summed E-state index contributed by atoms with van der Waals surface area (Å²) < 4.78 is 2.02. The van der Waals surface area contributed by atoms with Gasteiger partial charge >= 0.3 is 0 Å². The molecule has 108 valence electrons. The van der Waals surface area contributed by atoms with Gasteiger partial charge in [0.25, 0.3) is 0 Å². The molecule has 22 heavy (non-hydrogen) atoms. The maximum absolute atomic E-state index is 7.64. The smallest absolute Gasteiger partial charge is 0.219 e. The molecular formula is C16H13N4S2+. The first-order chi connectivity index (χ1) is 10.7. The molecule has 0 radical (unpaired) electrons. The van der Waals surface area contributed by atoms with Crippen LogP contribution < -0.4 is 9.88 Å². The average Bonchev–Trinajstić information content (AvgIpc) is 2.56. The number of nitrogens with zero attached hydrogens (tertiary/aromatic N) is 2. The molecular weight excluding hydrogens is 312 g/mol. The summed E-state index contributed by atoms with van der Waals surface area (Å²) >= 11 is 10.9. The molecule has 0 aliphatic carbocycles. The van der Waals surface area contributed by atoms with Crippen molar-refractivity contribution in [3.63, 3.8) is 0 Å². The van der Waals surface area contributed by atoms with Crippen LogP contribution in [0.3, 0.4) is 0 Å². The molecule has 3 rings (SSSR count). The third-order valence-electron chi connectivity index (χ3n) is 3.61. The van der Waals surface area contributed by atoms with Crippen molar-refractivity contribution in [2.45, 2.75) is 12.0 Å². The Labute approximate surface area is 139 Å². The summed E-state index contributed by atoms with van der Waals surface area (Å²) in [5, 5.41) is 10.7. The molecule has 1 aliphatic rings. The van der Waals surface area contributed by atoms with E-state index in [0.29, 0.717) is 15.6 Å². The van der Waals surface area contributed by atoms with E-state index in [1.54, 1.807) is 12.4 Å². The molecule has 0 amide bonds. The van der Waals surface area contributed by atoms with Gasteiger partial charge in [-0.25, -0.2) is 0 Å². The van der Waals surface area contributed by atoms with E-state index < -0.39 is 0 Å². The molecule has 0 bridgehead atoms. The SMILES string of the molecule is N=C=C1C(=S)NC(=S)[C@@H]([n+]2ccccc2)[C@@H]1c1cccnc1. The number of aromatic nitrogens is 2. The van der Waals surface area contributed by atoms with Crippen molar-refractivity contribution < 1.29 is 4.57 Å². The van der Waals surface area contributed by atoms with Crippen LogP contribution in [0.15, 0.2) is 60.7 Å². The fraction of sp³-hybridized carbons (Fsp3) is 0.125. The van der Waals surface area contributed by atoms with Crippen molar-refractivity contribution in [1.29, 1.82) is 5.41 Å². The van der Waals surface area contributed by atoms with Crippen LogP contribution in [0.25, 0.3) is 0 Å². The fourth-order valence-electron chi connectivity index (χ4n) is 2.65. The minimum absolute atomic E-state index is 0.167. The second-order valence-corrected chi connectivity index (χ2v) is 5.74. The molecule has 0 spiro atoms. The summed E-state index contributed by atoms with van der Waals surface area (Å²) in [4.78, 5) is 5.28. The number of nitrogens with one attached hydrogen (secondary N) is 2. The zero-order chi connectivity index (χ0) is 15.5. The topological polar surface area (TPSA) is 52.7 Å². The van der Waals surface area contributed by atoms with E-state index in [0.717, 1.165) is 5.56 Å². The number of pyridine rings is 2. The molecule has 2 atom stereocenters. The minimum atomic E-state index is -0.181. The van der Waals surface area contributed by atoms with Crippen LogP contribution in [0.2, 0.25) is 0 Å². The van der Waals surface area contributed by atoms with Crippen molar-refractivity contribution in [3.8, 4) is 0 Å². The second kappa shape index (κ2) is 6.23. The summed E-state index contributed by atoms with van der Waals surface area (Å²) in [6, 6.07) is 9.53. The summed E-state index contributed by atoms with van der Waals surface area (Å²) in [6.07, 6.45) is 7.42. The third-order valence-corrected chi connectivity index (χ3v) is 4.28. The van der Waals surface area contributed by atoms with Crippen molar-refractivity contribution in [2.24, 2.45) is 0 Å². The zero-order valence-corrected chi connectivity index (χ0v) is 13.2. The first kappa shape index (κ1) is 14.7. The van der Waals surface area contributed by atoms with E-state index in [2.05, 4.69) is 16.2 Å². The van der Waals surface area contributed by atoms with Crippen LogP contribution in [-0.4, -0.2) is 20.8 Å². The van der Waals surface area contributed by atoms with Gasteiger partial charge in [-0.05, 0) is 17.5 Å². The van der Waals surface area contributed by atoms with Crippen LogP contribution in [0, 0.1) is 5.41 Å². The Balaban J connectivity index is 2.18. The molecule has 2 aromatic heterocycles. The van der Waals surface area contributed by atoms with Gasteiger partial charge < -0.3 is 5.32 Å². The highest BCUT2D eigenvalue weighted by molar-refractivity contribution is 7.82. The highest BCUT2D eigenvalue weighted by Gasteiger charge is 2.43. The quantitative estimate of drug-likeness (QED) is 0.384. The molecule has 6 heteroatoms. The van der Waals surface area contributed by atoms with Gasteiger partial charge in [-0.3, -0.25) is 10.4 Å². The average molecular weight is 325 g/mol. The summed E-state index contributed by atoms with van der Waals surface area (Å²) in [7, 11) is 0. The zero-order valence-electron chi connectivity index (χ0n) is 11.6. The lowest BCUT2D eigenvalue weighted by molar-refractivity contribution is -0.708. The standard InChI is InChI=1S/C16H12N4S2/c17-9-12-13(11-5-4-6-18-10-11)14(16(22)19-15(12)21)20-7-2-1-3-8-20/h1-8,10,13-14,17H/p+1/t13-,14+/m1/s1. The Morgan fingerprint density at radius 1 is 1.18 bits per heavy atom. The summed E-state index contributed by atoms with van der Waals surface area (Å²) in [5.41, 5.74) is 1.59. The van der Waals surface area contributed by atoms with Gasteiger partial charge in [-0.15, -0.1) is 0 Å². The number of hydrogen-bond donors (Lipinski definition) is 2. The van der Waals surface area contributed by atoms with Gasteiger partial charge in [0.15, 0.2) is 17.4 Å². The Morgan fingerprint density at radius 3 is 2.59 bits per heavy atom. The molecule has 2 N–H and O–H groups in total. The normalized spacial score (nSPS) is 21.2. The Kier molecular flexibility index (Phi) is 4.15. The largest absolute Gasteiger partial charge is 0.335 e. The van der Waals surface area contributed by atoms with Gasteiger partial charge in [0.2, 0.25) is 6.04 Å². The van der Waals surface area contributed by atoms with Crippen LogP contribution in [0.5, 0.6) is 0 Å². The summed E-state index contributed by atoms with van der Waals surface area (Å²) in [6.45, 7) is 0. The number of piperidine rings is 1. The lowest BCUT2D eigenvalue weighted by Crippen LogP contribution is -2.55. The molecule has 1 saturated heterocycles. The maximum Gasteiger partial charge on any atom is 0.219 e. The van der Waals surface area contributed by atoms with Crippen LogP contribution in [0.1, 0.15) is 17.5 Å². The highest BCUT2D eigenvalue weighted by atomic mass is 32.1. The number of hydrogen-bond acceptors (Lipinski definition) is 4. The third kappa shape index (κ3) is 2.60. The predicted octanol–water partition coefficient (Wildman–Crippen LogP) is 2.13. The van der Waals surface area contributed by atoms with Crippen molar-refractivity contribution >= 4 is 40.3 Å². The van der Waals surface area contributed by atoms with Gasteiger partial charge in [0, 0.05) is 24.5 Å². The van der Waals surface area contributed by atoms with Crippen molar-refractivity contribution in [2.75, 3.05) is 0 Å². The lowest BCUT2D eigenvalue weighted by Gasteiger charge is -2.30. The van der Waals surface area contributed by atoms with E-state index >= 15 is 0 Å². The summed E-state index contributed by atoms with van der Waals surface area (Å²) in [5.74, 6) is 2.30. The van der Waals surface area contributed by atoms with Crippen molar-refractivity contribution in [3.05, 3.63) is 66.3 Å². The Morgan fingerprint density at radius 2 is 1.95 bits per heavy atom. The lowest BCUT2D eigenvalue weighted by atomic mass is 9.83. The minimum Gasteiger partial charge on any atom is -0.335 e. The van der Waals surface area contributed by atoms with E-state index in [1.165, 1.54) is 0 Å². The van der Waals surface area contributed by atoms with Gasteiger partial charge in [-0.2, -0.15) is 4.57 Å².